The van der Waals surface area contributed by atoms with E-state index >= 15 is 0 Å². The molecule has 0 amide bonds. The van der Waals surface area contributed by atoms with Gasteiger partial charge in [-0.25, -0.2) is 13.1 Å². The van der Waals surface area contributed by atoms with E-state index in [-0.39, 0.29) is 6.42 Å². The third-order valence-electron chi connectivity index (χ3n) is 2.78. The molecule has 0 radical (unpaired) electrons. The van der Waals surface area contributed by atoms with Crippen molar-refractivity contribution in [3.63, 3.8) is 0 Å². The minimum atomic E-state index is -7.24. The molecule has 0 aromatic carbocycles. The van der Waals surface area contributed by atoms with Crippen LogP contribution in [0.1, 0.15) is 32.6 Å². The van der Waals surface area contributed by atoms with Gasteiger partial charge in [0, 0.05) is 6.54 Å². The molecule has 0 spiro atoms. The smallest absolute Gasteiger partial charge is 0.210 e. The van der Waals surface area contributed by atoms with Crippen LogP contribution in [0.4, 0.5) is 39.5 Å². The zero-order valence-corrected chi connectivity index (χ0v) is 12.5. The van der Waals surface area contributed by atoms with Crippen molar-refractivity contribution in [2.24, 2.45) is 0 Å². The Morgan fingerprint density at radius 2 is 1.26 bits per heavy atom. The lowest BCUT2D eigenvalue weighted by Gasteiger charge is -2.33. The Balaban J connectivity index is 5.35. The molecule has 0 atom stereocenters. The molecule has 140 valence electrons. The summed E-state index contributed by atoms with van der Waals surface area (Å²) in [6.07, 6.45) is -5.60. The third kappa shape index (κ3) is 4.22. The highest BCUT2D eigenvalue weighted by Gasteiger charge is 2.85. The van der Waals surface area contributed by atoms with Crippen molar-refractivity contribution in [1.29, 1.82) is 0 Å². The monoisotopic (exact) mass is 383 g/mol. The van der Waals surface area contributed by atoms with Crippen LogP contribution in [0.3, 0.4) is 0 Å². The Labute approximate surface area is 126 Å². The SMILES string of the molecule is CCCCCCNS(=O)(=O)C(F)(F)C(F)(F)C(F)(F)C(F)(F)F. The average molecular weight is 383 g/mol. The number of hydrogen-bond acceptors (Lipinski definition) is 2. The van der Waals surface area contributed by atoms with Crippen LogP contribution in [-0.2, 0) is 10.0 Å². The number of rotatable bonds is 9. The van der Waals surface area contributed by atoms with Gasteiger partial charge < -0.3 is 0 Å². The summed E-state index contributed by atoms with van der Waals surface area (Å²) in [6.45, 7) is 0.948. The lowest BCUT2D eigenvalue weighted by molar-refractivity contribution is -0.382. The summed E-state index contributed by atoms with van der Waals surface area (Å²) < 4.78 is 136. The van der Waals surface area contributed by atoms with E-state index in [1.165, 1.54) is 0 Å². The maximum absolute atomic E-state index is 13.2. The van der Waals surface area contributed by atoms with E-state index in [2.05, 4.69) is 0 Å². The first-order chi connectivity index (χ1) is 10.1. The normalized spacial score (nSPS) is 15.0. The van der Waals surface area contributed by atoms with Gasteiger partial charge in [-0.1, -0.05) is 26.2 Å². The van der Waals surface area contributed by atoms with E-state index in [1.807, 2.05) is 0 Å². The molecule has 13 heteroatoms. The van der Waals surface area contributed by atoms with Gasteiger partial charge in [0.2, 0.25) is 0 Å². The quantitative estimate of drug-likeness (QED) is 0.485. The fourth-order valence-corrected chi connectivity index (χ4v) is 2.44. The third-order valence-corrected chi connectivity index (χ3v) is 4.29. The number of unbranched alkanes of at least 4 members (excludes halogenated alkanes) is 3. The van der Waals surface area contributed by atoms with E-state index in [4.69, 9.17) is 0 Å². The van der Waals surface area contributed by atoms with Crippen molar-refractivity contribution in [1.82, 2.24) is 4.72 Å². The number of hydrogen-bond donors (Lipinski definition) is 1. The second kappa shape index (κ2) is 7.03. The highest BCUT2D eigenvalue weighted by atomic mass is 32.2. The van der Waals surface area contributed by atoms with Crippen molar-refractivity contribution in [3.8, 4) is 0 Å². The van der Waals surface area contributed by atoms with E-state index in [1.54, 1.807) is 6.92 Å². The Morgan fingerprint density at radius 3 is 1.65 bits per heavy atom. The van der Waals surface area contributed by atoms with Gasteiger partial charge in [0.05, 0.1) is 0 Å². The van der Waals surface area contributed by atoms with E-state index in [0.29, 0.717) is 19.3 Å². The molecule has 3 nitrogen and oxygen atoms in total. The summed E-state index contributed by atoms with van der Waals surface area (Å²) in [5.74, 6) is -14.4. The second-order valence-electron chi connectivity index (χ2n) is 4.62. The Morgan fingerprint density at radius 1 is 0.783 bits per heavy atom. The minimum Gasteiger partial charge on any atom is -0.210 e. The summed E-state index contributed by atoms with van der Waals surface area (Å²) >= 11 is 0. The lowest BCUT2D eigenvalue weighted by atomic mass is 10.1. The van der Waals surface area contributed by atoms with Gasteiger partial charge in [-0.05, 0) is 6.42 Å². The van der Waals surface area contributed by atoms with Crippen LogP contribution in [0.15, 0.2) is 0 Å². The summed E-state index contributed by atoms with van der Waals surface area (Å²) in [4.78, 5) is 0. The minimum absolute atomic E-state index is 0.0790. The largest absolute Gasteiger partial charge is 0.460 e. The molecule has 0 aromatic heterocycles. The topological polar surface area (TPSA) is 46.2 Å². The van der Waals surface area contributed by atoms with Gasteiger partial charge in [-0.15, -0.1) is 0 Å². The number of halogens is 9. The fourth-order valence-electron chi connectivity index (χ4n) is 1.38. The van der Waals surface area contributed by atoms with E-state index < -0.39 is 39.8 Å². The van der Waals surface area contributed by atoms with Crippen LogP contribution in [0.2, 0.25) is 0 Å². The molecule has 0 saturated carbocycles. The first-order valence-corrected chi connectivity index (χ1v) is 7.74. The Hall–Kier alpha value is -0.720. The molecule has 0 saturated heterocycles. The maximum atomic E-state index is 13.2. The molecule has 0 aliphatic heterocycles. The second-order valence-corrected chi connectivity index (χ2v) is 6.43. The van der Waals surface area contributed by atoms with Gasteiger partial charge >= 0.3 is 23.3 Å². The molecule has 0 bridgehead atoms. The first kappa shape index (κ1) is 22.3. The van der Waals surface area contributed by atoms with Crippen molar-refractivity contribution in [2.75, 3.05) is 6.54 Å². The lowest BCUT2D eigenvalue weighted by Crippen LogP contribution is -2.64. The van der Waals surface area contributed by atoms with Crippen LogP contribution in [0.5, 0.6) is 0 Å². The summed E-state index contributed by atoms with van der Waals surface area (Å²) in [6, 6.07) is 0. The molecular weight excluding hydrogens is 369 g/mol. The number of sulfonamides is 1. The highest BCUT2D eigenvalue weighted by molar-refractivity contribution is 7.90. The molecule has 1 N–H and O–H groups in total. The van der Waals surface area contributed by atoms with Crippen molar-refractivity contribution >= 4 is 10.0 Å². The standard InChI is InChI=1S/C10H14F9NO2S/c1-2-3-4-5-6-20-23(21,22)10(18,19)8(13,14)7(11,12)9(15,16)17/h20H,2-6H2,1H3. The molecule has 0 unspecified atom stereocenters. The van der Waals surface area contributed by atoms with E-state index in [0.717, 1.165) is 4.72 Å². The van der Waals surface area contributed by atoms with Gasteiger partial charge in [-0.3, -0.25) is 0 Å². The predicted molar refractivity (Wildman–Crippen MR) is 62.0 cm³/mol. The van der Waals surface area contributed by atoms with Crippen molar-refractivity contribution in [2.45, 2.75) is 55.9 Å². The summed E-state index contributed by atoms with van der Waals surface area (Å²) in [5, 5.41) is -6.66. The van der Waals surface area contributed by atoms with Gasteiger partial charge in [-0.2, -0.15) is 39.5 Å². The average Bonchev–Trinajstić information content (AvgIpc) is 2.36. The zero-order chi connectivity index (χ0) is 18.7. The number of nitrogens with one attached hydrogen (secondary N) is 1. The molecular formula is C10H14F9NO2S. The zero-order valence-electron chi connectivity index (χ0n) is 11.7. The van der Waals surface area contributed by atoms with Crippen LogP contribution in [0, 0.1) is 0 Å². The fraction of sp³-hybridized carbons (Fsp3) is 1.00. The summed E-state index contributed by atoms with van der Waals surface area (Å²) in [7, 11) is -6.46. The van der Waals surface area contributed by atoms with Gasteiger partial charge in [0.25, 0.3) is 10.0 Å². The first-order valence-electron chi connectivity index (χ1n) is 6.25. The van der Waals surface area contributed by atoms with Crippen LogP contribution in [0.25, 0.3) is 0 Å². The molecule has 0 rings (SSSR count). The van der Waals surface area contributed by atoms with Gasteiger partial charge in [0.1, 0.15) is 0 Å². The van der Waals surface area contributed by atoms with E-state index in [9.17, 15) is 47.9 Å². The van der Waals surface area contributed by atoms with Crippen molar-refractivity contribution < 1.29 is 47.9 Å². The van der Waals surface area contributed by atoms with Crippen LogP contribution < -0.4 is 4.72 Å². The Bertz CT molecular complexity index is 487. The van der Waals surface area contributed by atoms with Crippen LogP contribution in [-0.4, -0.2) is 38.2 Å². The predicted octanol–water partition coefficient (Wildman–Crippen LogP) is 3.91. The molecule has 0 aliphatic carbocycles. The summed E-state index contributed by atoms with van der Waals surface area (Å²) in [5.41, 5.74) is 0. The number of alkyl halides is 9. The van der Waals surface area contributed by atoms with Crippen LogP contribution >= 0.6 is 0 Å². The molecule has 0 heterocycles. The van der Waals surface area contributed by atoms with Crippen molar-refractivity contribution in [3.05, 3.63) is 0 Å². The van der Waals surface area contributed by atoms with Gasteiger partial charge in [0.15, 0.2) is 0 Å². The highest BCUT2D eigenvalue weighted by Crippen LogP contribution is 2.54. The molecule has 0 aliphatic rings. The molecule has 23 heavy (non-hydrogen) atoms. The molecule has 0 fully saturated rings. The Kier molecular flexibility index (Phi) is 6.81. The molecule has 0 aromatic rings. The maximum Gasteiger partial charge on any atom is 0.460 e.